The lowest BCUT2D eigenvalue weighted by molar-refractivity contribution is -0.138. The Kier molecular flexibility index (Phi) is 4.39. The molecule has 1 atom stereocenters. The van der Waals surface area contributed by atoms with Crippen LogP contribution in [0.15, 0.2) is 18.5 Å². The van der Waals surface area contributed by atoms with E-state index in [-0.39, 0.29) is 5.92 Å². The van der Waals surface area contributed by atoms with Crippen LogP contribution in [0, 0.1) is 11.3 Å². The van der Waals surface area contributed by atoms with E-state index < -0.39 is 0 Å². The first kappa shape index (κ1) is 15.8. The molecule has 1 aromatic heterocycles. The Hall–Kier alpha value is -1.69. The van der Waals surface area contributed by atoms with Gasteiger partial charge in [-0.3, -0.25) is 4.79 Å². The fraction of sp³-hybridized carbons (Fsp3) is 0.722. The number of nitrogens with zero attached hydrogens (tertiary/aromatic N) is 4. The minimum absolute atomic E-state index is 0.108. The zero-order valence-electron chi connectivity index (χ0n) is 14.2. The van der Waals surface area contributed by atoms with Crippen molar-refractivity contribution in [1.82, 2.24) is 14.9 Å². The van der Waals surface area contributed by atoms with Crippen molar-refractivity contribution in [2.75, 3.05) is 44.3 Å². The van der Waals surface area contributed by atoms with Gasteiger partial charge in [0, 0.05) is 45.2 Å². The van der Waals surface area contributed by atoms with Crippen LogP contribution in [0.2, 0.25) is 0 Å². The summed E-state index contributed by atoms with van der Waals surface area (Å²) < 4.78 is 5.37. The molecular formula is C18H26N4O2. The molecule has 24 heavy (non-hydrogen) atoms. The highest BCUT2D eigenvalue weighted by Crippen LogP contribution is 2.42. The normalized spacial score (nSPS) is 26.8. The topological polar surface area (TPSA) is 58.6 Å². The van der Waals surface area contributed by atoms with Gasteiger partial charge in [0.25, 0.3) is 0 Å². The molecule has 1 unspecified atom stereocenters. The number of anilines is 1. The van der Waals surface area contributed by atoms with E-state index in [2.05, 4.69) is 19.8 Å². The molecular weight excluding hydrogens is 304 g/mol. The molecule has 3 fully saturated rings. The highest BCUT2D eigenvalue weighted by Gasteiger charge is 2.40. The van der Waals surface area contributed by atoms with Crippen LogP contribution in [-0.2, 0) is 9.53 Å². The summed E-state index contributed by atoms with van der Waals surface area (Å²) in [6.45, 7) is 5.23. The van der Waals surface area contributed by atoms with Crippen LogP contribution >= 0.6 is 0 Å². The molecule has 1 aromatic rings. The highest BCUT2D eigenvalue weighted by atomic mass is 16.5. The molecule has 130 valence electrons. The van der Waals surface area contributed by atoms with Gasteiger partial charge in [-0.25, -0.2) is 9.97 Å². The van der Waals surface area contributed by atoms with E-state index in [0.717, 1.165) is 58.0 Å². The van der Waals surface area contributed by atoms with Gasteiger partial charge >= 0.3 is 0 Å². The van der Waals surface area contributed by atoms with Crippen LogP contribution in [-0.4, -0.2) is 60.2 Å². The third-order valence-corrected chi connectivity index (χ3v) is 6.07. The van der Waals surface area contributed by atoms with Gasteiger partial charge in [-0.05, 0) is 43.6 Å². The van der Waals surface area contributed by atoms with Gasteiger partial charge in [0.2, 0.25) is 11.9 Å². The Bertz CT molecular complexity index is 556. The number of likely N-dealkylation sites (tertiary alicyclic amines) is 1. The van der Waals surface area contributed by atoms with Crippen LogP contribution in [0.4, 0.5) is 5.95 Å². The van der Waals surface area contributed by atoms with Gasteiger partial charge < -0.3 is 14.5 Å². The smallest absolute Gasteiger partial charge is 0.228 e. The Morgan fingerprint density at radius 1 is 1.08 bits per heavy atom. The second kappa shape index (κ2) is 6.67. The summed E-state index contributed by atoms with van der Waals surface area (Å²) in [4.78, 5) is 25.6. The monoisotopic (exact) mass is 330 g/mol. The molecule has 0 saturated carbocycles. The van der Waals surface area contributed by atoms with Gasteiger partial charge in [-0.2, -0.15) is 0 Å². The first-order chi connectivity index (χ1) is 11.8. The fourth-order valence-electron chi connectivity index (χ4n) is 4.32. The molecule has 0 aliphatic carbocycles. The minimum atomic E-state index is 0.108. The Morgan fingerprint density at radius 3 is 2.38 bits per heavy atom. The molecule has 0 bridgehead atoms. The number of piperidine rings is 2. The second-order valence-electron chi connectivity index (χ2n) is 7.42. The lowest BCUT2D eigenvalue weighted by Crippen LogP contribution is -2.49. The number of aromatic nitrogens is 2. The molecule has 6 nitrogen and oxygen atoms in total. The molecule has 6 heteroatoms. The maximum absolute atomic E-state index is 12.5. The maximum atomic E-state index is 12.5. The van der Waals surface area contributed by atoms with Gasteiger partial charge in [-0.15, -0.1) is 0 Å². The van der Waals surface area contributed by atoms with Gasteiger partial charge in [0.05, 0.1) is 12.5 Å². The number of hydrogen-bond acceptors (Lipinski definition) is 5. The van der Waals surface area contributed by atoms with Crippen molar-refractivity contribution >= 4 is 11.9 Å². The van der Waals surface area contributed by atoms with Crippen molar-refractivity contribution in [3.05, 3.63) is 18.5 Å². The number of carbonyl (C=O) groups excluding carboxylic acids is 1. The van der Waals surface area contributed by atoms with Crippen molar-refractivity contribution in [3.8, 4) is 0 Å². The Labute approximate surface area is 143 Å². The number of rotatable bonds is 2. The van der Waals surface area contributed by atoms with Gasteiger partial charge in [-0.1, -0.05) is 0 Å². The quantitative estimate of drug-likeness (QED) is 0.826. The largest absolute Gasteiger partial charge is 0.381 e. The molecule has 3 saturated heterocycles. The van der Waals surface area contributed by atoms with Crippen molar-refractivity contribution in [2.45, 2.75) is 32.1 Å². The number of ether oxygens (including phenoxy) is 1. The molecule has 3 aliphatic rings. The molecule has 3 aliphatic heterocycles. The van der Waals surface area contributed by atoms with E-state index in [0.29, 0.717) is 17.9 Å². The zero-order valence-corrected chi connectivity index (χ0v) is 14.2. The van der Waals surface area contributed by atoms with Gasteiger partial charge in [0.1, 0.15) is 0 Å². The third-order valence-electron chi connectivity index (χ3n) is 6.07. The number of amides is 1. The van der Waals surface area contributed by atoms with E-state index in [9.17, 15) is 4.79 Å². The average molecular weight is 330 g/mol. The van der Waals surface area contributed by atoms with Crippen LogP contribution in [0.1, 0.15) is 32.1 Å². The number of carbonyl (C=O) groups is 1. The summed E-state index contributed by atoms with van der Waals surface area (Å²) in [5, 5.41) is 0. The molecule has 0 aromatic carbocycles. The van der Waals surface area contributed by atoms with Crippen molar-refractivity contribution in [2.24, 2.45) is 11.3 Å². The van der Waals surface area contributed by atoms with Crippen molar-refractivity contribution in [1.29, 1.82) is 0 Å². The van der Waals surface area contributed by atoms with E-state index in [1.807, 2.05) is 18.5 Å². The SMILES string of the molecule is O=C(C1CCOC1)N1CCC2(CC1)CCN(c1ncccn1)CC2. The average Bonchev–Trinajstić information content (AvgIpc) is 3.18. The predicted octanol–water partition coefficient (Wildman–Crippen LogP) is 1.72. The highest BCUT2D eigenvalue weighted by molar-refractivity contribution is 5.79. The zero-order chi connectivity index (χ0) is 16.4. The van der Waals surface area contributed by atoms with Crippen LogP contribution in [0.3, 0.4) is 0 Å². The fourth-order valence-corrected chi connectivity index (χ4v) is 4.32. The van der Waals surface area contributed by atoms with Crippen molar-refractivity contribution < 1.29 is 9.53 Å². The van der Waals surface area contributed by atoms with E-state index in [1.165, 1.54) is 12.8 Å². The second-order valence-corrected chi connectivity index (χ2v) is 7.42. The minimum Gasteiger partial charge on any atom is -0.381 e. The third kappa shape index (κ3) is 3.11. The summed E-state index contributed by atoms with van der Waals surface area (Å²) in [7, 11) is 0. The van der Waals surface area contributed by atoms with Crippen LogP contribution in [0.25, 0.3) is 0 Å². The summed E-state index contributed by atoms with van der Waals surface area (Å²) >= 11 is 0. The molecule has 1 amide bonds. The van der Waals surface area contributed by atoms with Crippen LogP contribution in [0.5, 0.6) is 0 Å². The lowest BCUT2D eigenvalue weighted by atomic mass is 9.71. The summed E-state index contributed by atoms with van der Waals surface area (Å²) in [6.07, 6.45) is 9.14. The van der Waals surface area contributed by atoms with Crippen LogP contribution < -0.4 is 4.90 Å². The summed E-state index contributed by atoms with van der Waals surface area (Å²) in [5.41, 5.74) is 0.411. The molecule has 0 radical (unpaired) electrons. The Morgan fingerprint density at radius 2 is 1.75 bits per heavy atom. The van der Waals surface area contributed by atoms with Gasteiger partial charge in [0.15, 0.2) is 0 Å². The predicted molar refractivity (Wildman–Crippen MR) is 90.7 cm³/mol. The molecule has 4 heterocycles. The first-order valence-electron chi connectivity index (χ1n) is 9.14. The summed E-state index contributed by atoms with van der Waals surface area (Å²) in [6, 6.07) is 1.86. The standard InChI is InChI=1S/C18H26N4O2/c23-16(15-2-13-24-14-15)21-9-3-18(4-10-21)5-11-22(12-6-18)17-19-7-1-8-20-17/h1,7-8,15H,2-6,9-14H2. The molecule has 0 N–H and O–H groups in total. The van der Waals surface area contributed by atoms with Crippen molar-refractivity contribution in [3.63, 3.8) is 0 Å². The Balaban J connectivity index is 1.30. The molecule has 1 spiro atoms. The van der Waals surface area contributed by atoms with E-state index in [1.54, 1.807) is 0 Å². The summed E-state index contributed by atoms with van der Waals surface area (Å²) in [5.74, 6) is 1.27. The van der Waals surface area contributed by atoms with E-state index >= 15 is 0 Å². The molecule has 4 rings (SSSR count). The number of hydrogen-bond donors (Lipinski definition) is 0. The first-order valence-corrected chi connectivity index (χ1v) is 9.14. The van der Waals surface area contributed by atoms with E-state index in [4.69, 9.17) is 4.74 Å². The lowest BCUT2D eigenvalue weighted by Gasteiger charge is -2.47. The maximum Gasteiger partial charge on any atom is 0.228 e.